The average molecular weight is 477 g/mol. The third kappa shape index (κ3) is 5.62. The van der Waals surface area contributed by atoms with Crippen molar-refractivity contribution in [3.8, 4) is 22.8 Å². The van der Waals surface area contributed by atoms with Crippen molar-refractivity contribution in [2.24, 2.45) is 5.73 Å². The molecule has 0 aliphatic carbocycles. The fourth-order valence-corrected chi connectivity index (χ4v) is 4.04. The molecule has 0 bridgehead atoms. The minimum atomic E-state index is -0.508. The first-order valence-electron chi connectivity index (χ1n) is 10.9. The molecule has 1 aliphatic rings. The lowest BCUT2D eigenvalue weighted by molar-refractivity contribution is -0.122. The highest BCUT2D eigenvalue weighted by molar-refractivity contribution is 6.41. The summed E-state index contributed by atoms with van der Waals surface area (Å²) < 4.78 is 5.82. The first kappa shape index (κ1) is 23.5. The second-order valence-corrected chi connectivity index (χ2v) is 8.53. The maximum Gasteiger partial charge on any atom is 0.276 e. The largest absolute Gasteiger partial charge is 0.456 e. The number of benzene rings is 2. The van der Waals surface area contributed by atoms with Gasteiger partial charge in [-0.3, -0.25) is 20.0 Å². The Bertz CT molecular complexity index is 1190. The van der Waals surface area contributed by atoms with Crippen LogP contribution in [0.2, 0.25) is 0 Å². The second-order valence-electron chi connectivity index (χ2n) is 8.07. The molecule has 1 aliphatic heterocycles. The molecular weight excluding hydrogens is 452 g/mol. The fraction of sp³-hybridized carbons (Fsp3) is 0.192. The van der Waals surface area contributed by atoms with Crippen LogP contribution in [0.3, 0.4) is 0 Å². The number of hydrazine groups is 1. The van der Waals surface area contributed by atoms with E-state index < -0.39 is 5.91 Å². The minimum Gasteiger partial charge on any atom is -0.456 e. The highest BCUT2D eigenvalue weighted by Gasteiger charge is 2.23. The molecule has 2 aromatic carbocycles. The zero-order valence-corrected chi connectivity index (χ0v) is 19.3. The molecule has 8 heteroatoms. The van der Waals surface area contributed by atoms with Crippen molar-refractivity contribution in [2.45, 2.75) is 18.8 Å². The van der Waals surface area contributed by atoms with Gasteiger partial charge in [-0.15, -0.1) is 0 Å². The molecule has 0 saturated carbocycles. The lowest BCUT2D eigenvalue weighted by atomic mass is 9.87. The molecule has 0 radical (unpaired) electrons. The molecule has 1 aromatic heterocycles. The Hall–Kier alpha value is -3.68. The number of hydrogen-bond acceptors (Lipinski definition) is 5. The van der Waals surface area contributed by atoms with Gasteiger partial charge in [-0.05, 0) is 60.7 Å². The summed E-state index contributed by atoms with van der Waals surface area (Å²) >= 11 is 5.65. The number of aromatic nitrogens is 1. The molecule has 0 unspecified atom stereocenters. The topological polar surface area (TPSA) is 97.6 Å². The Morgan fingerprint density at radius 1 is 1.06 bits per heavy atom. The van der Waals surface area contributed by atoms with E-state index in [1.54, 1.807) is 12.3 Å². The van der Waals surface area contributed by atoms with Crippen LogP contribution in [-0.2, 0) is 4.79 Å². The molecule has 3 N–H and O–H groups in total. The predicted octanol–water partition coefficient (Wildman–Crippen LogP) is 4.60. The van der Waals surface area contributed by atoms with E-state index in [2.05, 4.69) is 17.0 Å². The van der Waals surface area contributed by atoms with Gasteiger partial charge >= 0.3 is 0 Å². The van der Waals surface area contributed by atoms with Crippen molar-refractivity contribution in [1.82, 2.24) is 15.4 Å². The van der Waals surface area contributed by atoms with Gasteiger partial charge < -0.3 is 10.5 Å². The van der Waals surface area contributed by atoms with Crippen LogP contribution >= 0.6 is 11.6 Å². The van der Waals surface area contributed by atoms with Gasteiger partial charge in [0.15, 0.2) is 0 Å². The monoisotopic (exact) mass is 476 g/mol. The number of nitrogens with zero attached hydrogens (tertiary/aromatic N) is 2. The van der Waals surface area contributed by atoms with Crippen molar-refractivity contribution < 1.29 is 14.3 Å². The van der Waals surface area contributed by atoms with Crippen LogP contribution in [0.25, 0.3) is 11.3 Å². The highest BCUT2D eigenvalue weighted by atomic mass is 35.5. The number of amides is 2. The van der Waals surface area contributed by atoms with Crippen LogP contribution in [0.15, 0.2) is 78.5 Å². The highest BCUT2D eigenvalue weighted by Crippen LogP contribution is 2.33. The van der Waals surface area contributed by atoms with E-state index in [4.69, 9.17) is 22.1 Å². The standard InChI is InChI=1S/C26H25ClN4O3/c1-17(27)26(33)30-31-13-11-18(12-14-31)19-7-9-22(25(28)32)23(15-19)24-10-8-21(16-29-24)34-20-5-3-2-4-6-20/h2-10,15-16,18H,1,11-14H2,(H2,28,32)(H,30,33). The zero-order chi connectivity index (χ0) is 24.1. The summed E-state index contributed by atoms with van der Waals surface area (Å²) in [6.07, 6.45) is 3.30. The van der Waals surface area contributed by atoms with Gasteiger partial charge in [-0.25, -0.2) is 5.01 Å². The number of carbonyl (C=O) groups excluding carboxylic acids is 2. The number of ether oxygens (including phenoxy) is 1. The van der Waals surface area contributed by atoms with Crippen LogP contribution in [0.4, 0.5) is 0 Å². The Labute approximate surface area is 203 Å². The number of rotatable bonds is 7. The quantitative estimate of drug-likeness (QED) is 0.485. The molecule has 1 saturated heterocycles. The second kappa shape index (κ2) is 10.5. The van der Waals surface area contributed by atoms with E-state index in [9.17, 15) is 9.59 Å². The van der Waals surface area contributed by atoms with Crippen LogP contribution in [-0.4, -0.2) is 34.9 Å². The van der Waals surface area contributed by atoms with Gasteiger partial charge in [0, 0.05) is 24.2 Å². The van der Waals surface area contributed by atoms with Gasteiger partial charge in [0.05, 0.1) is 16.9 Å². The Kier molecular flexibility index (Phi) is 7.25. The van der Waals surface area contributed by atoms with Gasteiger partial charge in [-0.2, -0.15) is 0 Å². The van der Waals surface area contributed by atoms with Crippen LogP contribution in [0.1, 0.15) is 34.7 Å². The number of primary amides is 1. The molecule has 0 spiro atoms. The van der Waals surface area contributed by atoms with E-state index in [1.165, 1.54) is 0 Å². The Morgan fingerprint density at radius 3 is 2.41 bits per heavy atom. The molecule has 174 valence electrons. The van der Waals surface area contributed by atoms with E-state index in [0.29, 0.717) is 35.7 Å². The van der Waals surface area contributed by atoms with Crippen molar-refractivity contribution in [1.29, 1.82) is 0 Å². The molecule has 0 atom stereocenters. The molecule has 3 aromatic rings. The number of nitrogens with two attached hydrogens (primary N) is 1. The third-order valence-corrected chi connectivity index (χ3v) is 5.94. The van der Waals surface area contributed by atoms with Crippen LogP contribution in [0.5, 0.6) is 11.5 Å². The molecule has 2 heterocycles. The van der Waals surface area contributed by atoms with Crippen molar-refractivity contribution in [3.63, 3.8) is 0 Å². The zero-order valence-electron chi connectivity index (χ0n) is 18.5. The fourth-order valence-electron chi connectivity index (χ4n) is 4.00. The van der Waals surface area contributed by atoms with Gasteiger partial charge in [0.1, 0.15) is 11.5 Å². The minimum absolute atomic E-state index is 0.0403. The van der Waals surface area contributed by atoms with E-state index >= 15 is 0 Å². The number of halogens is 1. The predicted molar refractivity (Wildman–Crippen MR) is 131 cm³/mol. The lowest BCUT2D eigenvalue weighted by Crippen LogP contribution is -2.46. The average Bonchev–Trinajstić information content (AvgIpc) is 2.85. The number of piperidine rings is 1. The molecular formula is C26H25ClN4O3. The van der Waals surface area contributed by atoms with E-state index in [0.717, 1.165) is 24.2 Å². The van der Waals surface area contributed by atoms with Crippen molar-refractivity contribution in [3.05, 3.63) is 89.6 Å². The molecule has 34 heavy (non-hydrogen) atoms. The maximum absolute atomic E-state index is 12.1. The van der Waals surface area contributed by atoms with Gasteiger partial charge in [0.2, 0.25) is 5.91 Å². The molecule has 1 fully saturated rings. The van der Waals surface area contributed by atoms with Crippen molar-refractivity contribution in [2.75, 3.05) is 13.1 Å². The summed E-state index contributed by atoms with van der Waals surface area (Å²) in [5.41, 5.74) is 11.2. The molecule has 7 nitrogen and oxygen atoms in total. The van der Waals surface area contributed by atoms with Gasteiger partial charge in [0.25, 0.3) is 5.91 Å². The number of hydrogen-bond donors (Lipinski definition) is 2. The maximum atomic E-state index is 12.1. The smallest absolute Gasteiger partial charge is 0.276 e. The lowest BCUT2D eigenvalue weighted by Gasteiger charge is -2.32. The summed E-state index contributed by atoms with van der Waals surface area (Å²) in [7, 11) is 0. The first-order chi connectivity index (χ1) is 16.4. The number of para-hydroxylation sites is 1. The summed E-state index contributed by atoms with van der Waals surface area (Å²) in [5, 5.41) is 1.81. The third-order valence-electron chi connectivity index (χ3n) is 5.77. The first-order valence-corrected chi connectivity index (χ1v) is 11.3. The molecule has 4 rings (SSSR count). The molecule has 2 amide bonds. The number of nitrogens with one attached hydrogen (secondary N) is 1. The van der Waals surface area contributed by atoms with Crippen LogP contribution in [0, 0.1) is 0 Å². The SMILES string of the molecule is C=C(Cl)C(=O)NN1CCC(c2ccc(C(N)=O)c(-c3ccc(Oc4ccccc4)cn3)c2)CC1. The summed E-state index contributed by atoms with van der Waals surface area (Å²) in [5.74, 6) is 0.690. The van der Waals surface area contributed by atoms with Gasteiger partial charge in [-0.1, -0.05) is 42.4 Å². The van der Waals surface area contributed by atoms with Crippen LogP contribution < -0.4 is 15.9 Å². The van der Waals surface area contributed by atoms with Crippen molar-refractivity contribution >= 4 is 23.4 Å². The van der Waals surface area contributed by atoms with E-state index in [-0.39, 0.29) is 16.9 Å². The summed E-state index contributed by atoms with van der Waals surface area (Å²) in [4.78, 5) is 28.4. The van der Waals surface area contributed by atoms with E-state index in [1.807, 2.05) is 59.6 Å². The summed E-state index contributed by atoms with van der Waals surface area (Å²) in [6, 6.07) is 18.8. The normalized spacial score (nSPS) is 14.4. The Morgan fingerprint density at radius 2 is 1.79 bits per heavy atom. The summed E-state index contributed by atoms with van der Waals surface area (Å²) in [6.45, 7) is 4.80. The number of pyridine rings is 1. The Balaban J connectivity index is 1.51. The number of carbonyl (C=O) groups is 2.